The van der Waals surface area contributed by atoms with Crippen LogP contribution < -0.4 is 20.4 Å². The molecule has 2 atom stereocenters. The molecule has 4 heterocycles. The number of amides is 4. The molecule has 4 aliphatic rings. The molecule has 1 aromatic rings. The first-order chi connectivity index (χ1) is 17.4. The Morgan fingerprint density at radius 2 is 1.14 bits per heavy atom. The summed E-state index contributed by atoms with van der Waals surface area (Å²) in [7, 11) is 0. The summed E-state index contributed by atoms with van der Waals surface area (Å²) in [6.45, 7) is 1.93. The highest BCUT2D eigenvalue weighted by atomic mass is 35.5. The normalized spacial score (nSPS) is 24.7. The third-order valence-corrected chi connectivity index (χ3v) is 7.18. The maximum absolute atomic E-state index is 13.2. The number of hydrogen-bond donors (Lipinski definition) is 2. The molecule has 2 N–H and O–H groups in total. The summed E-state index contributed by atoms with van der Waals surface area (Å²) in [6.07, 6.45) is 3.35. The standard InChI is InChI=1S/C24H24Cl2N4O6/c25-17-19(27-11-13-5-3-9-35-13)23(33)29(21(17)31)15-7-1-2-8-16(15)30-22(32)18(26)20(24(30)34)28-12-14-6-4-10-36-14/h1-2,7-8,13-14,27-28H,3-6,9-12H2. The number of halogens is 2. The molecule has 0 bridgehead atoms. The number of rotatable bonds is 8. The fraction of sp³-hybridized carbons (Fsp3) is 0.417. The van der Waals surface area contributed by atoms with E-state index in [1.54, 1.807) is 12.1 Å². The first kappa shape index (κ1) is 24.8. The number of carbonyl (C=O) groups excluding carboxylic acids is 4. The van der Waals surface area contributed by atoms with Gasteiger partial charge in [-0.15, -0.1) is 0 Å². The third kappa shape index (κ3) is 4.39. The zero-order valence-electron chi connectivity index (χ0n) is 19.2. The van der Waals surface area contributed by atoms with Crippen LogP contribution >= 0.6 is 23.2 Å². The number of anilines is 2. The van der Waals surface area contributed by atoms with Crippen LogP contribution in [0.1, 0.15) is 25.7 Å². The zero-order chi connectivity index (χ0) is 25.4. The second kappa shape index (κ2) is 10.2. The number of ether oxygens (including phenoxy) is 2. The zero-order valence-corrected chi connectivity index (χ0v) is 20.7. The van der Waals surface area contributed by atoms with Gasteiger partial charge in [0.25, 0.3) is 23.6 Å². The molecule has 2 fully saturated rings. The van der Waals surface area contributed by atoms with Crippen molar-refractivity contribution in [1.29, 1.82) is 0 Å². The molecule has 2 saturated heterocycles. The molecule has 0 radical (unpaired) electrons. The molecule has 4 amide bonds. The largest absolute Gasteiger partial charge is 0.377 e. The number of imide groups is 2. The number of nitrogens with one attached hydrogen (secondary N) is 2. The second-order valence-corrected chi connectivity index (χ2v) is 9.55. The first-order valence-electron chi connectivity index (χ1n) is 11.8. The quantitative estimate of drug-likeness (QED) is 0.485. The van der Waals surface area contributed by atoms with E-state index in [1.165, 1.54) is 12.1 Å². The maximum atomic E-state index is 13.2. The molecule has 2 unspecified atom stereocenters. The summed E-state index contributed by atoms with van der Waals surface area (Å²) in [4.78, 5) is 54.2. The van der Waals surface area contributed by atoms with Crippen LogP contribution in [0.2, 0.25) is 0 Å². The summed E-state index contributed by atoms with van der Waals surface area (Å²) in [5, 5.41) is 5.31. The number of para-hydroxylation sites is 2. The van der Waals surface area contributed by atoms with E-state index in [1.807, 2.05) is 0 Å². The summed E-state index contributed by atoms with van der Waals surface area (Å²) in [5.41, 5.74) is -0.0422. The number of hydrogen-bond acceptors (Lipinski definition) is 8. The van der Waals surface area contributed by atoms with Crippen LogP contribution in [-0.4, -0.2) is 62.1 Å². The van der Waals surface area contributed by atoms with Crippen LogP contribution in [-0.2, 0) is 28.7 Å². The van der Waals surface area contributed by atoms with Gasteiger partial charge in [0.1, 0.15) is 21.5 Å². The van der Waals surface area contributed by atoms with Gasteiger partial charge in [-0.1, -0.05) is 35.3 Å². The Morgan fingerprint density at radius 1 is 0.722 bits per heavy atom. The van der Waals surface area contributed by atoms with Gasteiger partial charge in [0.15, 0.2) is 0 Å². The van der Waals surface area contributed by atoms with Gasteiger partial charge in [-0.05, 0) is 37.8 Å². The topological polar surface area (TPSA) is 117 Å². The van der Waals surface area contributed by atoms with Gasteiger partial charge < -0.3 is 20.1 Å². The molecule has 190 valence electrons. The van der Waals surface area contributed by atoms with E-state index in [0.29, 0.717) is 26.3 Å². The van der Waals surface area contributed by atoms with Crippen molar-refractivity contribution in [3.8, 4) is 0 Å². The summed E-state index contributed by atoms with van der Waals surface area (Å²) < 4.78 is 11.1. The molecule has 0 aliphatic carbocycles. The molecule has 0 aromatic heterocycles. The average molecular weight is 535 g/mol. The molecule has 10 nitrogen and oxygen atoms in total. The molecule has 0 saturated carbocycles. The number of carbonyl (C=O) groups is 4. The van der Waals surface area contributed by atoms with Gasteiger partial charge in [-0.25, -0.2) is 9.80 Å². The van der Waals surface area contributed by atoms with Gasteiger partial charge in [-0.2, -0.15) is 0 Å². The minimum Gasteiger partial charge on any atom is -0.377 e. The Kier molecular flexibility index (Phi) is 7.03. The minimum absolute atomic E-state index is 0.0334. The summed E-state index contributed by atoms with van der Waals surface area (Å²) >= 11 is 12.5. The Morgan fingerprint density at radius 3 is 1.50 bits per heavy atom. The lowest BCUT2D eigenvalue weighted by molar-refractivity contribution is -0.122. The monoisotopic (exact) mass is 534 g/mol. The van der Waals surface area contributed by atoms with Crippen molar-refractivity contribution >= 4 is 58.2 Å². The van der Waals surface area contributed by atoms with Crippen molar-refractivity contribution in [2.45, 2.75) is 37.9 Å². The summed E-state index contributed by atoms with van der Waals surface area (Å²) in [6, 6.07) is 6.10. The van der Waals surface area contributed by atoms with E-state index >= 15 is 0 Å². The van der Waals surface area contributed by atoms with Crippen molar-refractivity contribution < 1.29 is 28.7 Å². The lowest BCUT2D eigenvalue weighted by Crippen LogP contribution is -2.39. The SMILES string of the molecule is O=C1C(Cl)=C(NCC2CCCO2)C(=O)N1c1ccccc1N1C(=O)C(Cl)=C(NCC2CCCO2)C1=O. The Hall–Kier alpha value is -2.92. The van der Waals surface area contributed by atoms with E-state index in [-0.39, 0.29) is 45.0 Å². The van der Waals surface area contributed by atoms with Gasteiger partial charge >= 0.3 is 0 Å². The van der Waals surface area contributed by atoms with Crippen molar-refractivity contribution in [1.82, 2.24) is 10.6 Å². The minimum atomic E-state index is -0.765. The van der Waals surface area contributed by atoms with Crippen LogP contribution in [0.15, 0.2) is 45.7 Å². The van der Waals surface area contributed by atoms with Gasteiger partial charge in [-0.3, -0.25) is 19.2 Å². The second-order valence-electron chi connectivity index (χ2n) is 8.79. The molecule has 1 aromatic carbocycles. The van der Waals surface area contributed by atoms with Crippen LogP contribution in [0.3, 0.4) is 0 Å². The first-order valence-corrected chi connectivity index (χ1v) is 12.5. The van der Waals surface area contributed by atoms with E-state index in [0.717, 1.165) is 35.5 Å². The number of benzene rings is 1. The fourth-order valence-electron chi connectivity index (χ4n) is 4.63. The van der Waals surface area contributed by atoms with E-state index < -0.39 is 23.6 Å². The van der Waals surface area contributed by atoms with Crippen molar-refractivity contribution in [3.05, 3.63) is 45.7 Å². The molecule has 0 spiro atoms. The smallest absolute Gasteiger partial charge is 0.283 e. The van der Waals surface area contributed by atoms with E-state index in [2.05, 4.69) is 10.6 Å². The van der Waals surface area contributed by atoms with Crippen LogP contribution in [0.5, 0.6) is 0 Å². The Labute approximate surface area is 217 Å². The van der Waals surface area contributed by atoms with Gasteiger partial charge in [0.2, 0.25) is 0 Å². The predicted octanol–water partition coefficient (Wildman–Crippen LogP) is 1.87. The highest BCUT2D eigenvalue weighted by Crippen LogP contribution is 2.38. The van der Waals surface area contributed by atoms with Crippen LogP contribution in [0, 0.1) is 0 Å². The predicted molar refractivity (Wildman–Crippen MR) is 131 cm³/mol. The van der Waals surface area contributed by atoms with Crippen molar-refractivity contribution in [2.24, 2.45) is 0 Å². The number of nitrogens with zero attached hydrogens (tertiary/aromatic N) is 2. The van der Waals surface area contributed by atoms with Crippen molar-refractivity contribution in [2.75, 3.05) is 36.1 Å². The summed E-state index contributed by atoms with van der Waals surface area (Å²) in [5.74, 6) is -2.91. The Balaban J connectivity index is 1.37. The highest BCUT2D eigenvalue weighted by molar-refractivity contribution is 6.54. The van der Waals surface area contributed by atoms with E-state index in [9.17, 15) is 19.2 Å². The van der Waals surface area contributed by atoms with Gasteiger partial charge in [0, 0.05) is 26.3 Å². The molecular weight excluding hydrogens is 511 g/mol. The molecule has 36 heavy (non-hydrogen) atoms. The van der Waals surface area contributed by atoms with E-state index in [4.69, 9.17) is 32.7 Å². The maximum Gasteiger partial charge on any atom is 0.283 e. The Bertz CT molecular complexity index is 1100. The average Bonchev–Trinajstić information content (AvgIpc) is 3.65. The highest BCUT2D eigenvalue weighted by Gasteiger charge is 2.44. The lowest BCUT2D eigenvalue weighted by Gasteiger charge is -2.23. The van der Waals surface area contributed by atoms with Crippen LogP contribution in [0.4, 0.5) is 11.4 Å². The molecule has 12 heteroatoms. The lowest BCUT2D eigenvalue weighted by atomic mass is 10.2. The van der Waals surface area contributed by atoms with Crippen LogP contribution in [0.25, 0.3) is 0 Å². The van der Waals surface area contributed by atoms with Crippen molar-refractivity contribution in [3.63, 3.8) is 0 Å². The third-order valence-electron chi connectivity index (χ3n) is 6.48. The fourth-order valence-corrected chi connectivity index (χ4v) is 5.10. The molecule has 4 aliphatic heterocycles. The molecular formula is C24H24Cl2N4O6. The van der Waals surface area contributed by atoms with Gasteiger partial charge in [0.05, 0.1) is 23.6 Å². The molecule has 5 rings (SSSR count).